The molecule has 0 atom stereocenters. The van der Waals surface area contributed by atoms with Crippen LogP contribution in [0.2, 0.25) is 0 Å². The first-order valence-corrected chi connectivity index (χ1v) is 10.0. The second-order valence-electron chi connectivity index (χ2n) is 7.58. The Kier molecular flexibility index (Phi) is 4.42. The van der Waals surface area contributed by atoms with Gasteiger partial charge in [-0.05, 0) is 49.2 Å². The normalized spacial score (nSPS) is 15.2. The fourth-order valence-corrected chi connectivity index (χ4v) is 4.18. The summed E-state index contributed by atoms with van der Waals surface area (Å²) in [4.78, 5) is 29.9. The summed E-state index contributed by atoms with van der Waals surface area (Å²) in [5, 5.41) is 3.06. The molecular formula is C22H22N4O3. The Bertz CT molecular complexity index is 1240. The summed E-state index contributed by atoms with van der Waals surface area (Å²) in [6.07, 6.45) is 9.09. The summed E-state index contributed by atoms with van der Waals surface area (Å²) >= 11 is 0. The van der Waals surface area contributed by atoms with Crippen LogP contribution in [0, 0.1) is 0 Å². The Balaban J connectivity index is 1.45. The molecule has 4 aromatic rings. The van der Waals surface area contributed by atoms with E-state index < -0.39 is 0 Å². The molecule has 0 radical (unpaired) electrons. The van der Waals surface area contributed by atoms with Crippen LogP contribution < -0.4 is 10.9 Å². The molecule has 1 N–H and O–H groups in total. The lowest BCUT2D eigenvalue weighted by Crippen LogP contribution is -2.35. The lowest BCUT2D eigenvalue weighted by molar-refractivity contribution is 0.0897. The zero-order chi connectivity index (χ0) is 19.8. The fraction of sp³-hybridized carbons (Fsp3) is 0.318. The summed E-state index contributed by atoms with van der Waals surface area (Å²) in [5.41, 5.74) is 1.85. The SMILES string of the molecule is O=C(NC1CCCCC1)c1ccc(Cn2c(=O)c3cccn3c3cccnc32)o1. The molecular weight excluding hydrogens is 368 g/mol. The number of furan rings is 1. The summed E-state index contributed by atoms with van der Waals surface area (Å²) in [7, 11) is 0. The first-order chi connectivity index (χ1) is 14.2. The van der Waals surface area contributed by atoms with E-state index in [1.807, 2.05) is 28.8 Å². The molecule has 0 spiro atoms. The van der Waals surface area contributed by atoms with Crippen molar-refractivity contribution in [3.05, 3.63) is 70.7 Å². The number of amides is 1. The molecule has 5 rings (SSSR count). The maximum Gasteiger partial charge on any atom is 0.287 e. The number of fused-ring (bicyclic) bond motifs is 3. The van der Waals surface area contributed by atoms with E-state index in [0.717, 1.165) is 31.2 Å². The third kappa shape index (κ3) is 3.22. The van der Waals surface area contributed by atoms with Gasteiger partial charge in [0.15, 0.2) is 11.4 Å². The Labute approximate surface area is 167 Å². The Morgan fingerprint density at radius 1 is 1.10 bits per heavy atom. The quantitative estimate of drug-likeness (QED) is 0.579. The molecule has 0 unspecified atom stereocenters. The van der Waals surface area contributed by atoms with Crippen molar-refractivity contribution in [2.24, 2.45) is 0 Å². The van der Waals surface area contributed by atoms with Gasteiger partial charge in [-0.15, -0.1) is 0 Å². The van der Waals surface area contributed by atoms with Gasteiger partial charge >= 0.3 is 0 Å². The first kappa shape index (κ1) is 17.7. The minimum absolute atomic E-state index is 0.147. The molecule has 4 heterocycles. The highest BCUT2D eigenvalue weighted by atomic mass is 16.4. The number of pyridine rings is 1. The van der Waals surface area contributed by atoms with Crippen molar-refractivity contribution < 1.29 is 9.21 Å². The van der Waals surface area contributed by atoms with Gasteiger partial charge in [-0.25, -0.2) is 4.98 Å². The van der Waals surface area contributed by atoms with Crippen molar-refractivity contribution in [3.8, 4) is 0 Å². The molecule has 0 bridgehead atoms. The van der Waals surface area contributed by atoms with Crippen LogP contribution in [0.5, 0.6) is 0 Å². The average Bonchev–Trinajstić information content (AvgIpc) is 3.42. The molecule has 1 amide bonds. The third-order valence-electron chi connectivity index (χ3n) is 5.63. The van der Waals surface area contributed by atoms with Crippen LogP contribution in [0.25, 0.3) is 16.7 Å². The van der Waals surface area contributed by atoms with Crippen molar-refractivity contribution in [2.45, 2.75) is 44.7 Å². The van der Waals surface area contributed by atoms with Gasteiger partial charge in [0.1, 0.15) is 11.3 Å². The monoisotopic (exact) mass is 390 g/mol. The Morgan fingerprint density at radius 2 is 1.93 bits per heavy atom. The highest BCUT2D eigenvalue weighted by Gasteiger charge is 2.19. The smallest absolute Gasteiger partial charge is 0.287 e. The molecule has 29 heavy (non-hydrogen) atoms. The molecule has 1 saturated carbocycles. The number of aromatic nitrogens is 3. The molecule has 7 nitrogen and oxygen atoms in total. The lowest BCUT2D eigenvalue weighted by Gasteiger charge is -2.22. The first-order valence-electron chi connectivity index (χ1n) is 10.0. The summed E-state index contributed by atoms with van der Waals surface area (Å²) < 4.78 is 9.21. The average molecular weight is 390 g/mol. The molecule has 0 aliphatic heterocycles. The van der Waals surface area contributed by atoms with E-state index in [4.69, 9.17) is 4.42 Å². The highest BCUT2D eigenvalue weighted by Crippen LogP contribution is 2.19. The molecule has 1 aliphatic rings. The maximum absolute atomic E-state index is 13.0. The van der Waals surface area contributed by atoms with Crippen LogP contribution in [-0.4, -0.2) is 25.9 Å². The largest absolute Gasteiger partial charge is 0.454 e. The van der Waals surface area contributed by atoms with E-state index in [-0.39, 0.29) is 29.8 Å². The van der Waals surface area contributed by atoms with E-state index in [9.17, 15) is 9.59 Å². The van der Waals surface area contributed by atoms with Crippen LogP contribution in [0.15, 0.2) is 58.0 Å². The summed E-state index contributed by atoms with van der Waals surface area (Å²) in [6, 6.07) is 11.0. The number of nitrogens with one attached hydrogen (secondary N) is 1. The van der Waals surface area contributed by atoms with Gasteiger partial charge in [0.2, 0.25) is 0 Å². The van der Waals surface area contributed by atoms with Crippen LogP contribution in [0.4, 0.5) is 0 Å². The second kappa shape index (κ2) is 7.24. The van der Waals surface area contributed by atoms with E-state index in [1.54, 1.807) is 29.0 Å². The molecule has 4 aromatic heterocycles. The van der Waals surface area contributed by atoms with E-state index >= 15 is 0 Å². The van der Waals surface area contributed by atoms with Gasteiger partial charge in [0.25, 0.3) is 11.5 Å². The predicted octanol–water partition coefficient (Wildman–Crippen LogP) is 3.35. The number of carbonyl (C=O) groups is 1. The van der Waals surface area contributed by atoms with Crippen LogP contribution in [0.3, 0.4) is 0 Å². The van der Waals surface area contributed by atoms with Crippen molar-refractivity contribution in [1.82, 2.24) is 19.3 Å². The Morgan fingerprint density at radius 3 is 2.79 bits per heavy atom. The highest BCUT2D eigenvalue weighted by molar-refractivity contribution is 5.91. The molecule has 0 saturated heterocycles. The molecule has 1 fully saturated rings. The van der Waals surface area contributed by atoms with E-state index in [0.29, 0.717) is 16.9 Å². The van der Waals surface area contributed by atoms with E-state index in [1.165, 1.54) is 6.42 Å². The van der Waals surface area contributed by atoms with Gasteiger partial charge in [-0.2, -0.15) is 0 Å². The fourth-order valence-electron chi connectivity index (χ4n) is 4.18. The minimum Gasteiger partial charge on any atom is -0.454 e. The maximum atomic E-state index is 13.0. The van der Waals surface area contributed by atoms with Gasteiger partial charge in [-0.1, -0.05) is 19.3 Å². The van der Waals surface area contributed by atoms with Crippen molar-refractivity contribution in [1.29, 1.82) is 0 Å². The zero-order valence-corrected chi connectivity index (χ0v) is 16.0. The van der Waals surface area contributed by atoms with Gasteiger partial charge < -0.3 is 14.1 Å². The third-order valence-corrected chi connectivity index (χ3v) is 5.63. The predicted molar refractivity (Wildman–Crippen MR) is 109 cm³/mol. The molecule has 1 aliphatic carbocycles. The lowest BCUT2D eigenvalue weighted by atomic mass is 9.95. The molecule has 7 heteroatoms. The van der Waals surface area contributed by atoms with E-state index in [2.05, 4.69) is 10.3 Å². The van der Waals surface area contributed by atoms with Crippen LogP contribution in [-0.2, 0) is 6.54 Å². The Hall–Kier alpha value is -3.35. The van der Waals surface area contributed by atoms with Gasteiger partial charge in [0, 0.05) is 18.4 Å². The number of hydrogen-bond donors (Lipinski definition) is 1. The standard InChI is InChI=1S/C22H22N4O3/c27-21(24-15-6-2-1-3-7-15)19-11-10-16(29-19)14-26-20-17(8-4-12-23-20)25-13-5-9-18(25)22(26)28/h4-5,8-13,15H,1-3,6-7,14H2,(H,24,27). The number of rotatable bonds is 4. The topological polar surface area (TPSA) is 81.5 Å². The van der Waals surface area contributed by atoms with Crippen molar-refractivity contribution in [2.75, 3.05) is 0 Å². The number of hydrogen-bond acceptors (Lipinski definition) is 4. The van der Waals surface area contributed by atoms with Gasteiger partial charge in [-0.3, -0.25) is 14.2 Å². The summed E-state index contributed by atoms with van der Waals surface area (Å²) in [5.74, 6) is 0.629. The van der Waals surface area contributed by atoms with Crippen LogP contribution >= 0.6 is 0 Å². The minimum atomic E-state index is -0.194. The molecule has 0 aromatic carbocycles. The second-order valence-corrected chi connectivity index (χ2v) is 7.58. The van der Waals surface area contributed by atoms with Crippen molar-refractivity contribution in [3.63, 3.8) is 0 Å². The molecule has 148 valence electrons. The zero-order valence-electron chi connectivity index (χ0n) is 16.0. The number of nitrogens with zero attached hydrogens (tertiary/aromatic N) is 3. The van der Waals surface area contributed by atoms with Crippen LogP contribution in [0.1, 0.15) is 48.4 Å². The number of carbonyl (C=O) groups excluding carboxylic acids is 1. The van der Waals surface area contributed by atoms with Gasteiger partial charge in [0.05, 0.1) is 12.1 Å². The van der Waals surface area contributed by atoms with Crippen molar-refractivity contribution >= 4 is 22.6 Å². The summed E-state index contributed by atoms with van der Waals surface area (Å²) in [6.45, 7) is 0.213.